The Kier molecular flexibility index (Phi) is 6.96. The highest BCUT2D eigenvalue weighted by atomic mass is 15.1. The van der Waals surface area contributed by atoms with E-state index in [1.165, 1.54) is 0 Å². The summed E-state index contributed by atoms with van der Waals surface area (Å²) in [5.74, 6) is 0.0981. The van der Waals surface area contributed by atoms with Crippen LogP contribution in [-0.4, -0.2) is 25.0 Å². The third-order valence-corrected chi connectivity index (χ3v) is 1.88. The van der Waals surface area contributed by atoms with Gasteiger partial charge in [-0.25, -0.2) is 0 Å². The summed E-state index contributed by atoms with van der Waals surface area (Å²) in [5.41, 5.74) is 0. The molecule has 0 rings (SSSR count). The summed E-state index contributed by atoms with van der Waals surface area (Å²) in [4.78, 5) is 2.14. The van der Waals surface area contributed by atoms with Crippen molar-refractivity contribution in [2.24, 2.45) is 5.92 Å². The first-order chi connectivity index (χ1) is 6.20. The molecule has 0 aromatic heterocycles. The van der Waals surface area contributed by atoms with Crippen LogP contribution in [0.3, 0.4) is 0 Å². The van der Waals surface area contributed by atoms with E-state index in [9.17, 15) is 0 Å². The molecule has 1 atom stereocenters. The van der Waals surface area contributed by atoms with Crippen LogP contribution >= 0.6 is 0 Å². The Morgan fingerprint density at radius 1 is 1.31 bits per heavy atom. The largest absolute Gasteiger partial charge is 0.305 e. The maximum atomic E-state index is 8.57. The Balaban J connectivity index is 3.37. The second-order valence-corrected chi connectivity index (χ2v) is 3.41. The summed E-state index contributed by atoms with van der Waals surface area (Å²) >= 11 is 0. The van der Waals surface area contributed by atoms with Crippen molar-refractivity contribution in [1.82, 2.24) is 4.90 Å². The van der Waals surface area contributed by atoms with Crippen LogP contribution in [0.5, 0.6) is 0 Å². The second-order valence-electron chi connectivity index (χ2n) is 3.41. The summed E-state index contributed by atoms with van der Waals surface area (Å²) in [7, 11) is 2.01. The van der Waals surface area contributed by atoms with Crippen molar-refractivity contribution in [3.05, 3.63) is 0 Å². The summed E-state index contributed by atoms with van der Waals surface area (Å²) in [6.07, 6.45) is 2.64. The van der Waals surface area contributed by atoms with Crippen LogP contribution in [0.15, 0.2) is 0 Å². The normalized spacial score (nSPS) is 12.1. The van der Waals surface area contributed by atoms with E-state index in [1.54, 1.807) is 0 Å². The van der Waals surface area contributed by atoms with E-state index in [1.807, 2.05) is 14.0 Å². The molecule has 72 valence electrons. The van der Waals surface area contributed by atoms with Crippen molar-refractivity contribution in [3.8, 4) is 12.1 Å². The number of unbranched alkanes of at least 4 members (excludes halogenated alkanes) is 2. The number of nitrogens with zero attached hydrogens (tertiary/aromatic N) is 3. The standard InChI is InChI=1S/C10H17N3/c1-10(8-12)9-13(2)7-5-3-4-6-11/h10H,3-5,7,9H2,1-2H3. The molecule has 0 fully saturated rings. The van der Waals surface area contributed by atoms with Crippen molar-refractivity contribution < 1.29 is 0 Å². The van der Waals surface area contributed by atoms with Crippen molar-refractivity contribution in [2.45, 2.75) is 26.2 Å². The van der Waals surface area contributed by atoms with E-state index in [-0.39, 0.29) is 5.92 Å². The summed E-state index contributed by atoms with van der Waals surface area (Å²) in [6.45, 7) is 3.72. The van der Waals surface area contributed by atoms with Crippen LogP contribution in [0.2, 0.25) is 0 Å². The molecule has 0 N–H and O–H groups in total. The average molecular weight is 179 g/mol. The van der Waals surface area contributed by atoms with E-state index in [0.29, 0.717) is 6.42 Å². The first-order valence-corrected chi connectivity index (χ1v) is 4.65. The molecule has 0 aliphatic heterocycles. The lowest BCUT2D eigenvalue weighted by molar-refractivity contribution is 0.304. The molecule has 0 aromatic rings. The monoisotopic (exact) mass is 179 g/mol. The highest BCUT2D eigenvalue weighted by Gasteiger charge is 2.03. The predicted octanol–water partition coefficient (Wildman–Crippen LogP) is 1.77. The fraction of sp³-hybridized carbons (Fsp3) is 0.800. The first kappa shape index (κ1) is 11.9. The lowest BCUT2D eigenvalue weighted by Gasteiger charge is -2.16. The van der Waals surface area contributed by atoms with Gasteiger partial charge in [-0.2, -0.15) is 10.5 Å². The molecule has 0 spiro atoms. The van der Waals surface area contributed by atoms with Gasteiger partial charge in [0.25, 0.3) is 0 Å². The Morgan fingerprint density at radius 3 is 2.54 bits per heavy atom. The van der Waals surface area contributed by atoms with E-state index in [4.69, 9.17) is 10.5 Å². The summed E-state index contributed by atoms with van der Waals surface area (Å²) in [6, 6.07) is 4.33. The molecule has 13 heavy (non-hydrogen) atoms. The van der Waals surface area contributed by atoms with Crippen LogP contribution < -0.4 is 0 Å². The Labute approximate surface area is 80.6 Å². The van der Waals surface area contributed by atoms with Gasteiger partial charge in [0, 0.05) is 13.0 Å². The molecule has 0 saturated carbocycles. The number of hydrogen-bond donors (Lipinski definition) is 0. The summed E-state index contributed by atoms with van der Waals surface area (Å²) < 4.78 is 0. The maximum absolute atomic E-state index is 8.57. The minimum Gasteiger partial charge on any atom is -0.305 e. The average Bonchev–Trinajstić information content (AvgIpc) is 2.12. The quantitative estimate of drug-likeness (QED) is 0.584. The molecule has 3 heteroatoms. The SMILES string of the molecule is CC(C#N)CN(C)CCCCC#N. The van der Waals surface area contributed by atoms with E-state index < -0.39 is 0 Å². The van der Waals surface area contributed by atoms with Gasteiger partial charge >= 0.3 is 0 Å². The van der Waals surface area contributed by atoms with Gasteiger partial charge in [-0.1, -0.05) is 0 Å². The highest BCUT2D eigenvalue weighted by molar-refractivity contribution is 4.80. The fourth-order valence-corrected chi connectivity index (χ4v) is 1.19. The van der Waals surface area contributed by atoms with Crippen molar-refractivity contribution in [1.29, 1.82) is 10.5 Å². The zero-order valence-corrected chi connectivity index (χ0v) is 8.45. The zero-order chi connectivity index (χ0) is 10.1. The third-order valence-electron chi connectivity index (χ3n) is 1.88. The highest BCUT2D eigenvalue weighted by Crippen LogP contribution is 2.00. The van der Waals surface area contributed by atoms with Gasteiger partial charge in [-0.15, -0.1) is 0 Å². The Bertz CT molecular complexity index is 199. The first-order valence-electron chi connectivity index (χ1n) is 4.65. The lowest BCUT2D eigenvalue weighted by atomic mass is 10.2. The van der Waals surface area contributed by atoms with E-state index in [2.05, 4.69) is 17.0 Å². The molecule has 0 saturated heterocycles. The second kappa shape index (κ2) is 7.58. The van der Waals surface area contributed by atoms with Crippen LogP contribution in [0.1, 0.15) is 26.2 Å². The van der Waals surface area contributed by atoms with Gasteiger partial charge in [0.15, 0.2) is 0 Å². The number of nitriles is 2. The fourth-order valence-electron chi connectivity index (χ4n) is 1.19. The number of hydrogen-bond acceptors (Lipinski definition) is 3. The summed E-state index contributed by atoms with van der Waals surface area (Å²) in [5, 5.41) is 16.9. The van der Waals surface area contributed by atoms with Crippen molar-refractivity contribution in [2.75, 3.05) is 20.1 Å². The van der Waals surface area contributed by atoms with Gasteiger partial charge in [-0.3, -0.25) is 0 Å². The van der Waals surface area contributed by atoms with Crippen LogP contribution in [-0.2, 0) is 0 Å². The Morgan fingerprint density at radius 2 is 2.00 bits per heavy atom. The predicted molar refractivity (Wildman–Crippen MR) is 51.7 cm³/mol. The van der Waals surface area contributed by atoms with E-state index >= 15 is 0 Å². The van der Waals surface area contributed by atoms with Crippen LogP contribution in [0, 0.1) is 28.6 Å². The van der Waals surface area contributed by atoms with Crippen molar-refractivity contribution in [3.63, 3.8) is 0 Å². The molecule has 0 amide bonds. The molecule has 0 aliphatic rings. The molecule has 0 aliphatic carbocycles. The van der Waals surface area contributed by atoms with Gasteiger partial charge < -0.3 is 4.90 Å². The van der Waals surface area contributed by atoms with Gasteiger partial charge in [0.2, 0.25) is 0 Å². The smallest absolute Gasteiger partial charge is 0.0666 e. The van der Waals surface area contributed by atoms with Crippen molar-refractivity contribution >= 4 is 0 Å². The minimum absolute atomic E-state index is 0.0981. The van der Waals surface area contributed by atoms with Gasteiger partial charge in [0.05, 0.1) is 18.1 Å². The zero-order valence-electron chi connectivity index (χ0n) is 8.45. The van der Waals surface area contributed by atoms with Crippen LogP contribution in [0.25, 0.3) is 0 Å². The van der Waals surface area contributed by atoms with Crippen LogP contribution in [0.4, 0.5) is 0 Å². The molecule has 1 unspecified atom stereocenters. The molecule has 3 nitrogen and oxygen atoms in total. The molecule has 0 bridgehead atoms. The van der Waals surface area contributed by atoms with E-state index in [0.717, 1.165) is 25.9 Å². The Hall–Kier alpha value is -1.06. The molecular formula is C10H17N3. The number of rotatable bonds is 6. The van der Waals surface area contributed by atoms with Gasteiger partial charge in [-0.05, 0) is 33.4 Å². The maximum Gasteiger partial charge on any atom is 0.0666 e. The third kappa shape index (κ3) is 7.31. The minimum atomic E-state index is 0.0981. The molecule has 0 radical (unpaired) electrons. The molecular weight excluding hydrogens is 162 g/mol. The van der Waals surface area contributed by atoms with Gasteiger partial charge in [0.1, 0.15) is 0 Å². The molecule has 0 aromatic carbocycles. The molecule has 0 heterocycles. The lowest BCUT2D eigenvalue weighted by Crippen LogP contribution is -2.24. The topological polar surface area (TPSA) is 50.8 Å².